The Kier molecular flexibility index (Phi) is 7.89. The number of sulfonamides is 1. The van der Waals surface area contributed by atoms with Crippen LogP contribution in [0, 0.1) is 0 Å². The third kappa shape index (κ3) is 6.54. The molecule has 192 valence electrons. The Morgan fingerprint density at radius 2 is 2.03 bits per heavy atom. The number of nitrogens with two attached hydrogens (primary N) is 1. The van der Waals surface area contributed by atoms with E-state index >= 15 is 0 Å². The molecule has 0 atom stereocenters. The average molecular weight is 542 g/mol. The fourth-order valence-corrected chi connectivity index (χ4v) is 4.32. The van der Waals surface area contributed by atoms with Crippen molar-refractivity contribution in [2.75, 3.05) is 22.4 Å². The lowest BCUT2D eigenvalue weighted by molar-refractivity contribution is 0.100. The molecule has 5 N–H and O–H groups in total. The molecule has 0 aliphatic heterocycles. The van der Waals surface area contributed by atoms with E-state index in [1.807, 2.05) is 18.2 Å². The molecule has 2 heterocycles. The predicted octanol–water partition coefficient (Wildman–Crippen LogP) is 3.75. The highest BCUT2D eigenvalue weighted by atomic mass is 35.5. The second-order valence-corrected chi connectivity index (χ2v) is 10.3. The number of aromatic nitrogens is 4. The number of nitrogens with zero attached hydrogens (tertiary/aromatic N) is 3. The van der Waals surface area contributed by atoms with Gasteiger partial charge in [-0.05, 0) is 36.8 Å². The van der Waals surface area contributed by atoms with E-state index in [1.165, 1.54) is 25.5 Å². The highest BCUT2D eigenvalue weighted by Crippen LogP contribution is 2.34. The molecular formula is C24H24ClN7O4S. The number of aromatic amines is 1. The van der Waals surface area contributed by atoms with Crippen molar-refractivity contribution in [1.82, 2.24) is 20.2 Å². The maximum Gasteiger partial charge on any atom is 0.254 e. The summed E-state index contributed by atoms with van der Waals surface area (Å²) in [6.07, 6.45) is 5.02. The van der Waals surface area contributed by atoms with E-state index in [-0.39, 0.29) is 40.9 Å². The molecule has 0 aliphatic carbocycles. The number of carbonyl (C=O) groups is 1. The Labute approximate surface area is 218 Å². The second-order valence-electron chi connectivity index (χ2n) is 7.85. The Balaban J connectivity index is 1.66. The van der Waals surface area contributed by atoms with Gasteiger partial charge in [-0.25, -0.2) is 13.4 Å². The zero-order valence-corrected chi connectivity index (χ0v) is 21.3. The number of hydrogen-bond donors (Lipinski definition) is 4. The molecule has 0 unspecified atom stereocenters. The first-order valence-electron chi connectivity index (χ1n) is 11.2. The van der Waals surface area contributed by atoms with Crippen molar-refractivity contribution in [2.45, 2.75) is 13.3 Å². The van der Waals surface area contributed by atoms with Crippen molar-refractivity contribution in [3.05, 3.63) is 77.2 Å². The summed E-state index contributed by atoms with van der Waals surface area (Å²) in [7, 11) is -3.57. The molecule has 0 saturated heterocycles. The largest absolute Gasteiger partial charge is 0.491 e. The Morgan fingerprint density at radius 1 is 1.19 bits per heavy atom. The van der Waals surface area contributed by atoms with Crippen molar-refractivity contribution in [3.8, 4) is 17.0 Å². The molecule has 37 heavy (non-hydrogen) atoms. The topological polar surface area (TPSA) is 165 Å². The van der Waals surface area contributed by atoms with Gasteiger partial charge in [0.2, 0.25) is 10.0 Å². The molecule has 0 aliphatic rings. The molecule has 1 amide bonds. The van der Waals surface area contributed by atoms with Crippen LogP contribution >= 0.6 is 11.6 Å². The SMILES string of the molecule is CCS(=O)(=O)Nc1ccc(-c2n[nH]c(Nc3cnccn3)c2C(N)=O)cc1OCCc1cccc(Cl)c1. The van der Waals surface area contributed by atoms with E-state index in [0.717, 1.165) is 5.56 Å². The van der Waals surface area contributed by atoms with E-state index in [9.17, 15) is 13.2 Å². The van der Waals surface area contributed by atoms with Crippen molar-refractivity contribution in [2.24, 2.45) is 5.73 Å². The van der Waals surface area contributed by atoms with Crippen LogP contribution in [0.4, 0.5) is 17.3 Å². The lowest BCUT2D eigenvalue weighted by atomic mass is 10.1. The number of anilines is 3. The number of halogens is 1. The summed E-state index contributed by atoms with van der Waals surface area (Å²) >= 11 is 6.06. The zero-order chi connectivity index (χ0) is 26.4. The highest BCUT2D eigenvalue weighted by Gasteiger charge is 2.22. The van der Waals surface area contributed by atoms with Gasteiger partial charge in [-0.2, -0.15) is 5.10 Å². The lowest BCUT2D eigenvalue weighted by Gasteiger charge is -2.15. The number of nitrogens with one attached hydrogen (secondary N) is 3. The molecule has 0 bridgehead atoms. The van der Waals surface area contributed by atoms with E-state index in [1.54, 1.807) is 24.3 Å². The van der Waals surface area contributed by atoms with Gasteiger partial charge in [-0.1, -0.05) is 29.8 Å². The van der Waals surface area contributed by atoms with Gasteiger partial charge in [0.05, 0.1) is 24.2 Å². The fraction of sp³-hybridized carbons (Fsp3) is 0.167. The van der Waals surface area contributed by atoms with E-state index in [0.29, 0.717) is 22.8 Å². The third-order valence-corrected chi connectivity index (χ3v) is 6.79. The van der Waals surface area contributed by atoms with Crippen LogP contribution in [-0.2, 0) is 16.4 Å². The van der Waals surface area contributed by atoms with Gasteiger partial charge in [0.15, 0.2) is 0 Å². The van der Waals surface area contributed by atoms with Crippen LogP contribution in [0.25, 0.3) is 11.3 Å². The van der Waals surface area contributed by atoms with Crippen molar-refractivity contribution < 1.29 is 17.9 Å². The van der Waals surface area contributed by atoms with Crippen LogP contribution in [0.2, 0.25) is 5.02 Å². The Morgan fingerprint density at radius 3 is 2.73 bits per heavy atom. The molecule has 2 aromatic carbocycles. The minimum Gasteiger partial charge on any atom is -0.491 e. The summed E-state index contributed by atoms with van der Waals surface area (Å²) in [5, 5.41) is 10.6. The van der Waals surface area contributed by atoms with Gasteiger partial charge in [0, 0.05) is 29.4 Å². The van der Waals surface area contributed by atoms with Gasteiger partial charge >= 0.3 is 0 Å². The maximum absolute atomic E-state index is 12.4. The minimum atomic E-state index is -3.57. The Hall–Kier alpha value is -4.16. The smallest absolute Gasteiger partial charge is 0.254 e. The maximum atomic E-state index is 12.4. The van der Waals surface area contributed by atoms with Crippen LogP contribution in [0.5, 0.6) is 5.75 Å². The number of ether oxygens (including phenoxy) is 1. The summed E-state index contributed by atoms with van der Waals surface area (Å²) in [6, 6.07) is 12.1. The van der Waals surface area contributed by atoms with E-state index < -0.39 is 15.9 Å². The molecule has 0 spiro atoms. The average Bonchev–Trinajstić information content (AvgIpc) is 3.29. The second kappa shape index (κ2) is 11.3. The number of hydrogen-bond acceptors (Lipinski definition) is 8. The summed E-state index contributed by atoms with van der Waals surface area (Å²) in [5.74, 6) is 0.0451. The van der Waals surface area contributed by atoms with Crippen LogP contribution in [0.1, 0.15) is 22.8 Å². The normalized spacial score (nSPS) is 11.2. The number of rotatable bonds is 11. The standard InChI is InChI=1S/C24H24ClN7O4S/c1-2-37(34,35)32-18-7-6-16(13-19(18)36-11-8-15-4-3-5-17(25)12-15)22-21(23(26)33)24(31-30-22)29-20-14-27-9-10-28-20/h3-7,9-10,12-14,32H,2,8,11H2,1H3,(H2,26,33)(H2,28,29,30,31). The van der Waals surface area contributed by atoms with Gasteiger partial charge < -0.3 is 15.8 Å². The van der Waals surface area contributed by atoms with Gasteiger partial charge in [-0.15, -0.1) is 0 Å². The lowest BCUT2D eigenvalue weighted by Crippen LogP contribution is -2.16. The summed E-state index contributed by atoms with van der Waals surface area (Å²) < 4.78 is 33.0. The molecule has 0 radical (unpaired) electrons. The van der Waals surface area contributed by atoms with Gasteiger partial charge in [0.25, 0.3) is 5.91 Å². The summed E-state index contributed by atoms with van der Waals surface area (Å²) in [4.78, 5) is 20.5. The number of carbonyl (C=O) groups excluding carboxylic acids is 1. The number of amides is 1. The quantitative estimate of drug-likeness (QED) is 0.223. The third-order valence-electron chi connectivity index (χ3n) is 5.27. The first-order valence-corrected chi connectivity index (χ1v) is 13.2. The number of primary amides is 1. The molecule has 13 heteroatoms. The zero-order valence-electron chi connectivity index (χ0n) is 19.7. The van der Waals surface area contributed by atoms with Crippen LogP contribution < -0.4 is 20.5 Å². The molecule has 0 fully saturated rings. The van der Waals surface area contributed by atoms with E-state index in [4.69, 9.17) is 22.1 Å². The van der Waals surface area contributed by atoms with Crippen molar-refractivity contribution in [1.29, 1.82) is 0 Å². The fourth-order valence-electron chi connectivity index (χ4n) is 3.46. The molecular weight excluding hydrogens is 518 g/mol. The molecule has 0 saturated carbocycles. The number of benzene rings is 2. The van der Waals surface area contributed by atoms with Gasteiger partial charge in [-0.3, -0.25) is 19.6 Å². The Bertz CT molecular complexity index is 1510. The molecule has 4 aromatic rings. The number of H-pyrrole nitrogens is 1. The molecule has 2 aromatic heterocycles. The van der Waals surface area contributed by atoms with Crippen LogP contribution in [0.15, 0.2) is 61.1 Å². The first-order chi connectivity index (χ1) is 17.8. The van der Waals surface area contributed by atoms with Gasteiger partial charge in [0.1, 0.15) is 28.6 Å². The monoisotopic (exact) mass is 541 g/mol. The van der Waals surface area contributed by atoms with Crippen molar-refractivity contribution in [3.63, 3.8) is 0 Å². The first kappa shape index (κ1) is 25.9. The van der Waals surface area contributed by atoms with E-state index in [2.05, 4.69) is 30.2 Å². The highest BCUT2D eigenvalue weighted by molar-refractivity contribution is 7.92. The summed E-state index contributed by atoms with van der Waals surface area (Å²) in [5.41, 5.74) is 7.71. The molecule has 11 nitrogen and oxygen atoms in total. The predicted molar refractivity (Wildman–Crippen MR) is 142 cm³/mol. The van der Waals surface area contributed by atoms with Crippen LogP contribution in [-0.4, -0.2) is 46.9 Å². The van der Waals surface area contributed by atoms with Crippen LogP contribution in [0.3, 0.4) is 0 Å². The van der Waals surface area contributed by atoms with Crippen molar-refractivity contribution >= 4 is 44.9 Å². The summed E-state index contributed by atoms with van der Waals surface area (Å²) in [6.45, 7) is 1.78. The molecule has 4 rings (SSSR count). The minimum absolute atomic E-state index is 0.0948.